The molecule has 29 heavy (non-hydrogen) atoms. The molecule has 0 aliphatic carbocycles. The number of carbonyl (C=O) groups excluding carboxylic acids is 2. The minimum Gasteiger partial charge on any atom is -0.361 e. The lowest BCUT2D eigenvalue weighted by Crippen LogP contribution is -2.42. The first-order valence-corrected chi connectivity index (χ1v) is 8.38. The summed E-state index contributed by atoms with van der Waals surface area (Å²) >= 11 is 6.14. The molecule has 0 N–H and O–H groups in total. The fourth-order valence-corrected chi connectivity index (χ4v) is 3.28. The van der Waals surface area contributed by atoms with E-state index in [4.69, 9.17) is 16.4 Å². The van der Waals surface area contributed by atoms with E-state index in [2.05, 4.69) is 0 Å². The minimum atomic E-state index is -0.907. The quantitative estimate of drug-likeness (QED) is 0.359. The Morgan fingerprint density at radius 2 is 1.59 bits per heavy atom. The summed E-state index contributed by atoms with van der Waals surface area (Å²) in [6.45, 7) is 0. The summed E-state index contributed by atoms with van der Waals surface area (Å²) in [5.74, 6) is -2.18. The van der Waals surface area contributed by atoms with Gasteiger partial charge in [-0.05, 0) is 24.3 Å². The average Bonchev–Trinajstić information content (AvgIpc) is 2.70. The minimum absolute atomic E-state index is 0.129. The molecule has 3 aromatic rings. The van der Waals surface area contributed by atoms with Gasteiger partial charge in [-0.15, -0.1) is 0 Å². The summed E-state index contributed by atoms with van der Waals surface area (Å²) < 4.78 is 0. The smallest absolute Gasteiger partial charge is 0.321 e. The molecule has 0 spiro atoms. The molecule has 144 valence electrons. The first-order valence-electron chi connectivity index (χ1n) is 8.00. The fraction of sp³-hybridized carbons (Fsp3) is 0. The second-order valence-corrected chi connectivity index (χ2v) is 6.39. The normalized spacial score (nSPS) is 12.9. The highest BCUT2D eigenvalue weighted by atomic mass is 35.5. The van der Waals surface area contributed by atoms with Gasteiger partial charge in [0.2, 0.25) is 5.75 Å². The van der Waals surface area contributed by atoms with Crippen LogP contribution in [-0.4, -0.2) is 26.7 Å². The zero-order valence-corrected chi connectivity index (χ0v) is 15.0. The lowest BCUT2D eigenvalue weighted by atomic mass is 9.95. The third-order valence-electron chi connectivity index (χ3n) is 4.36. The van der Waals surface area contributed by atoms with Crippen LogP contribution in [0.5, 0.6) is 5.75 Å². The van der Waals surface area contributed by atoms with Crippen LogP contribution in [0, 0.1) is 20.2 Å². The maximum Gasteiger partial charge on any atom is 0.321 e. The van der Waals surface area contributed by atoms with Crippen LogP contribution in [0.4, 0.5) is 11.4 Å². The number of nitrogens with zero attached hydrogens (tertiary/aromatic N) is 3. The van der Waals surface area contributed by atoms with Gasteiger partial charge in [-0.2, -0.15) is 0 Å². The van der Waals surface area contributed by atoms with E-state index in [9.17, 15) is 29.8 Å². The van der Waals surface area contributed by atoms with Crippen molar-refractivity contribution in [3.8, 4) is 5.75 Å². The highest BCUT2D eigenvalue weighted by molar-refractivity contribution is 6.38. The van der Waals surface area contributed by atoms with Gasteiger partial charge >= 0.3 is 5.69 Å². The second kappa shape index (κ2) is 6.53. The predicted octanol–water partition coefficient (Wildman–Crippen LogP) is 3.90. The molecule has 3 aromatic carbocycles. The predicted molar refractivity (Wildman–Crippen MR) is 99.8 cm³/mol. The average molecular weight is 414 g/mol. The molecule has 0 saturated heterocycles. The molecular formula is C18H8ClN3O7. The van der Waals surface area contributed by atoms with Crippen molar-refractivity contribution in [2.75, 3.05) is 0 Å². The maximum absolute atomic E-state index is 12.8. The van der Waals surface area contributed by atoms with Gasteiger partial charge < -0.3 is 4.84 Å². The number of hydroxylamine groups is 2. The van der Waals surface area contributed by atoms with Gasteiger partial charge in [0.05, 0.1) is 27.0 Å². The molecule has 0 radical (unpaired) electrons. The highest BCUT2D eigenvalue weighted by Crippen LogP contribution is 2.36. The van der Waals surface area contributed by atoms with Crippen molar-refractivity contribution in [3.63, 3.8) is 0 Å². The molecule has 4 rings (SSSR count). The van der Waals surface area contributed by atoms with Gasteiger partial charge in [-0.25, -0.2) is 0 Å². The van der Waals surface area contributed by atoms with Crippen molar-refractivity contribution in [2.24, 2.45) is 0 Å². The second-order valence-electron chi connectivity index (χ2n) is 5.99. The van der Waals surface area contributed by atoms with Crippen LogP contribution in [0.1, 0.15) is 20.7 Å². The van der Waals surface area contributed by atoms with Crippen LogP contribution in [0.3, 0.4) is 0 Å². The number of amides is 2. The first-order chi connectivity index (χ1) is 13.8. The monoisotopic (exact) mass is 413 g/mol. The van der Waals surface area contributed by atoms with E-state index in [0.29, 0.717) is 26.9 Å². The van der Waals surface area contributed by atoms with Crippen LogP contribution in [0.25, 0.3) is 10.8 Å². The lowest BCUT2D eigenvalue weighted by molar-refractivity contribution is -0.395. The Labute approximate surface area is 166 Å². The van der Waals surface area contributed by atoms with E-state index in [1.54, 1.807) is 12.1 Å². The third-order valence-corrected chi connectivity index (χ3v) is 4.69. The molecule has 10 nitrogen and oxygen atoms in total. The van der Waals surface area contributed by atoms with Gasteiger partial charge in [0.25, 0.3) is 17.5 Å². The number of halogens is 1. The molecule has 0 saturated carbocycles. The Bertz CT molecular complexity index is 1240. The molecular weight excluding hydrogens is 406 g/mol. The molecule has 0 fully saturated rings. The van der Waals surface area contributed by atoms with E-state index in [1.165, 1.54) is 18.2 Å². The van der Waals surface area contributed by atoms with Crippen LogP contribution < -0.4 is 4.84 Å². The molecule has 0 atom stereocenters. The Kier molecular flexibility index (Phi) is 4.13. The Hall–Kier alpha value is -4.05. The zero-order valence-electron chi connectivity index (χ0n) is 14.2. The highest BCUT2D eigenvalue weighted by Gasteiger charge is 2.37. The topological polar surface area (TPSA) is 133 Å². The summed E-state index contributed by atoms with van der Waals surface area (Å²) in [5.41, 5.74) is -1.04. The number of hydrogen-bond acceptors (Lipinski definition) is 7. The van der Waals surface area contributed by atoms with E-state index in [0.717, 1.165) is 12.1 Å². The number of rotatable bonds is 4. The first kappa shape index (κ1) is 18.3. The summed E-state index contributed by atoms with van der Waals surface area (Å²) in [4.78, 5) is 51.4. The van der Waals surface area contributed by atoms with Crippen molar-refractivity contribution >= 4 is 45.6 Å². The number of imide groups is 1. The number of non-ortho nitro benzene ring substituents is 1. The summed E-state index contributed by atoms with van der Waals surface area (Å²) in [7, 11) is 0. The van der Waals surface area contributed by atoms with Gasteiger partial charge in [-0.3, -0.25) is 29.8 Å². The van der Waals surface area contributed by atoms with Crippen molar-refractivity contribution in [1.82, 2.24) is 5.06 Å². The standard InChI is InChI=1S/C18H8ClN3O7/c19-13-6-5-12-16-10(13)2-1-3-11(16)17(23)20(18(12)24)29-15-7-4-9(21(25)26)8-14(15)22(27)28/h1-8H. The Morgan fingerprint density at radius 1 is 0.897 bits per heavy atom. The van der Waals surface area contributed by atoms with E-state index in [1.807, 2.05) is 0 Å². The SMILES string of the molecule is O=C1c2cccc3c(Cl)ccc(c23)C(=O)N1Oc1ccc([N+](=O)[O-])cc1[N+](=O)[O-]. The summed E-state index contributed by atoms with van der Waals surface area (Å²) in [6.07, 6.45) is 0. The van der Waals surface area contributed by atoms with Gasteiger partial charge in [0.1, 0.15) is 0 Å². The van der Waals surface area contributed by atoms with E-state index in [-0.39, 0.29) is 11.1 Å². The van der Waals surface area contributed by atoms with Crippen LogP contribution in [0.2, 0.25) is 5.02 Å². The van der Waals surface area contributed by atoms with Crippen molar-refractivity contribution < 1.29 is 24.3 Å². The van der Waals surface area contributed by atoms with Gasteiger partial charge in [-0.1, -0.05) is 28.8 Å². The Morgan fingerprint density at radius 3 is 2.24 bits per heavy atom. The number of nitro groups is 2. The van der Waals surface area contributed by atoms with Gasteiger partial charge in [0.15, 0.2) is 0 Å². The largest absolute Gasteiger partial charge is 0.361 e. The van der Waals surface area contributed by atoms with Gasteiger partial charge in [0, 0.05) is 21.9 Å². The number of carbonyl (C=O) groups is 2. The number of nitro benzene ring substituents is 2. The lowest BCUT2D eigenvalue weighted by Gasteiger charge is -2.26. The maximum atomic E-state index is 12.8. The molecule has 0 unspecified atom stereocenters. The number of benzene rings is 3. The molecule has 1 heterocycles. The molecule has 1 aliphatic heterocycles. The summed E-state index contributed by atoms with van der Waals surface area (Å²) in [5, 5.41) is 23.8. The molecule has 2 amide bonds. The Balaban J connectivity index is 1.81. The zero-order chi connectivity index (χ0) is 20.9. The fourth-order valence-electron chi connectivity index (χ4n) is 3.06. The van der Waals surface area contributed by atoms with E-state index < -0.39 is 38.8 Å². The number of hydrogen-bond donors (Lipinski definition) is 0. The van der Waals surface area contributed by atoms with Crippen molar-refractivity contribution in [2.45, 2.75) is 0 Å². The molecule has 1 aliphatic rings. The summed E-state index contributed by atoms with van der Waals surface area (Å²) in [6, 6.07) is 10.2. The van der Waals surface area contributed by atoms with Crippen LogP contribution in [-0.2, 0) is 0 Å². The van der Waals surface area contributed by atoms with Crippen LogP contribution >= 0.6 is 11.6 Å². The van der Waals surface area contributed by atoms with Crippen molar-refractivity contribution in [3.05, 3.63) is 84.9 Å². The van der Waals surface area contributed by atoms with Crippen molar-refractivity contribution in [1.29, 1.82) is 0 Å². The van der Waals surface area contributed by atoms with E-state index >= 15 is 0 Å². The molecule has 11 heteroatoms. The third kappa shape index (κ3) is 2.82. The van der Waals surface area contributed by atoms with Crippen LogP contribution in [0.15, 0.2) is 48.5 Å². The molecule has 0 aromatic heterocycles. The molecule has 0 bridgehead atoms.